The van der Waals surface area contributed by atoms with Gasteiger partial charge in [-0.25, -0.2) is 13.4 Å². The number of benzene rings is 1. The molecular formula is C17H22N2O4S2. The van der Waals surface area contributed by atoms with E-state index in [2.05, 4.69) is 11.9 Å². The molecule has 1 saturated heterocycles. The third kappa shape index (κ3) is 4.55. The van der Waals surface area contributed by atoms with Crippen LogP contribution in [0.1, 0.15) is 26.2 Å². The molecule has 8 heteroatoms. The van der Waals surface area contributed by atoms with Crippen molar-refractivity contribution in [3.05, 3.63) is 24.3 Å². The fourth-order valence-electron chi connectivity index (χ4n) is 2.98. The van der Waals surface area contributed by atoms with Crippen molar-refractivity contribution < 1.29 is 17.6 Å². The van der Waals surface area contributed by atoms with Gasteiger partial charge in [-0.05, 0) is 25.0 Å². The van der Waals surface area contributed by atoms with E-state index in [1.807, 2.05) is 24.3 Å². The monoisotopic (exact) mass is 382 g/mol. The van der Waals surface area contributed by atoms with Crippen LogP contribution in [0.5, 0.6) is 0 Å². The maximum Gasteiger partial charge on any atom is 0.257 e. The SMILES string of the molecule is CCCCN(C(=O)CSc1nc2ccccc2o1)[C@@H]1CCS(=O)(=O)C1. The molecule has 1 amide bonds. The highest BCUT2D eigenvalue weighted by Gasteiger charge is 2.34. The summed E-state index contributed by atoms with van der Waals surface area (Å²) < 4.78 is 29.1. The van der Waals surface area contributed by atoms with Crippen LogP contribution in [0.15, 0.2) is 33.9 Å². The lowest BCUT2D eigenvalue weighted by Gasteiger charge is -2.28. The zero-order valence-electron chi connectivity index (χ0n) is 14.2. The minimum atomic E-state index is -3.02. The third-order valence-electron chi connectivity index (χ3n) is 4.32. The number of rotatable bonds is 7. The first kappa shape index (κ1) is 18.3. The Labute approximate surface area is 151 Å². The lowest BCUT2D eigenvalue weighted by molar-refractivity contribution is -0.130. The number of nitrogens with zero attached hydrogens (tertiary/aromatic N) is 2. The second-order valence-electron chi connectivity index (χ2n) is 6.23. The molecule has 0 N–H and O–H groups in total. The van der Waals surface area contributed by atoms with Gasteiger partial charge >= 0.3 is 0 Å². The molecule has 0 unspecified atom stereocenters. The predicted octanol–water partition coefficient (Wildman–Crippen LogP) is 2.74. The van der Waals surface area contributed by atoms with Gasteiger partial charge < -0.3 is 9.32 Å². The minimum absolute atomic E-state index is 0.0530. The molecule has 1 aliphatic rings. The molecular weight excluding hydrogens is 360 g/mol. The molecule has 3 rings (SSSR count). The van der Waals surface area contributed by atoms with Gasteiger partial charge in [0.25, 0.3) is 5.22 Å². The van der Waals surface area contributed by atoms with E-state index in [1.165, 1.54) is 11.8 Å². The minimum Gasteiger partial charge on any atom is -0.431 e. The molecule has 0 radical (unpaired) electrons. The van der Waals surface area contributed by atoms with Crippen LogP contribution >= 0.6 is 11.8 Å². The number of hydrogen-bond donors (Lipinski definition) is 0. The van der Waals surface area contributed by atoms with E-state index in [-0.39, 0.29) is 29.2 Å². The summed E-state index contributed by atoms with van der Waals surface area (Å²) in [6.07, 6.45) is 2.36. The Morgan fingerprint density at radius 3 is 2.88 bits per heavy atom. The van der Waals surface area contributed by atoms with E-state index < -0.39 is 9.84 Å². The second-order valence-corrected chi connectivity index (χ2v) is 9.39. The number of aromatic nitrogens is 1. The lowest BCUT2D eigenvalue weighted by atomic mass is 10.2. The van der Waals surface area contributed by atoms with Crippen molar-refractivity contribution >= 4 is 38.6 Å². The van der Waals surface area contributed by atoms with Gasteiger partial charge in [-0.1, -0.05) is 37.2 Å². The van der Waals surface area contributed by atoms with Crippen LogP contribution in [0.4, 0.5) is 0 Å². The molecule has 1 aromatic heterocycles. The van der Waals surface area contributed by atoms with E-state index in [4.69, 9.17) is 4.42 Å². The maximum absolute atomic E-state index is 12.7. The Balaban J connectivity index is 1.65. The highest BCUT2D eigenvalue weighted by Crippen LogP contribution is 2.25. The standard InChI is InChI=1S/C17H22N2O4S2/c1-2-3-9-19(13-8-10-25(21,22)12-13)16(20)11-24-17-18-14-6-4-5-7-15(14)23-17/h4-7,13H,2-3,8-12H2,1H3/t13-/m1/s1. The van der Waals surface area contributed by atoms with Crippen LogP contribution in [-0.2, 0) is 14.6 Å². The van der Waals surface area contributed by atoms with Crippen molar-refractivity contribution in [2.24, 2.45) is 0 Å². The molecule has 0 saturated carbocycles. The van der Waals surface area contributed by atoms with Gasteiger partial charge in [-0.3, -0.25) is 4.79 Å². The molecule has 2 aromatic rings. The van der Waals surface area contributed by atoms with Crippen molar-refractivity contribution in [3.8, 4) is 0 Å². The van der Waals surface area contributed by atoms with E-state index in [1.54, 1.807) is 4.90 Å². The summed E-state index contributed by atoms with van der Waals surface area (Å²) in [5.74, 6) is 0.400. The van der Waals surface area contributed by atoms with Gasteiger partial charge in [0.1, 0.15) is 5.52 Å². The molecule has 1 aromatic carbocycles. The van der Waals surface area contributed by atoms with Crippen LogP contribution in [-0.4, -0.2) is 54.1 Å². The molecule has 136 valence electrons. The Kier molecular flexibility index (Phi) is 5.68. The average molecular weight is 383 g/mol. The van der Waals surface area contributed by atoms with Gasteiger partial charge in [0.2, 0.25) is 5.91 Å². The summed E-state index contributed by atoms with van der Waals surface area (Å²) in [7, 11) is -3.02. The summed E-state index contributed by atoms with van der Waals surface area (Å²) in [6.45, 7) is 2.66. The lowest BCUT2D eigenvalue weighted by Crippen LogP contribution is -2.42. The Morgan fingerprint density at radius 1 is 1.40 bits per heavy atom. The number of fused-ring (bicyclic) bond motifs is 1. The number of carbonyl (C=O) groups excluding carboxylic acids is 1. The number of hydrogen-bond acceptors (Lipinski definition) is 6. The zero-order chi connectivity index (χ0) is 17.9. The first-order valence-corrected chi connectivity index (χ1v) is 11.3. The van der Waals surface area contributed by atoms with Gasteiger partial charge in [0.15, 0.2) is 15.4 Å². The van der Waals surface area contributed by atoms with Gasteiger partial charge in [-0.15, -0.1) is 0 Å². The molecule has 25 heavy (non-hydrogen) atoms. The Bertz CT molecular complexity index is 814. The van der Waals surface area contributed by atoms with Gasteiger partial charge in [0.05, 0.1) is 17.3 Å². The second kappa shape index (κ2) is 7.78. The van der Waals surface area contributed by atoms with Crippen molar-refractivity contribution in [1.82, 2.24) is 9.88 Å². The number of unbranched alkanes of at least 4 members (excludes halogenated alkanes) is 1. The fourth-order valence-corrected chi connectivity index (χ4v) is 5.43. The van der Waals surface area contributed by atoms with Crippen LogP contribution in [0.3, 0.4) is 0 Å². The molecule has 1 fully saturated rings. The predicted molar refractivity (Wildman–Crippen MR) is 98.4 cm³/mol. The summed E-state index contributed by atoms with van der Waals surface area (Å²) in [4.78, 5) is 18.8. The molecule has 0 bridgehead atoms. The number of oxazole rings is 1. The molecule has 0 aliphatic carbocycles. The quantitative estimate of drug-likeness (QED) is 0.685. The fraction of sp³-hybridized carbons (Fsp3) is 0.529. The third-order valence-corrected chi connectivity index (χ3v) is 6.88. The van der Waals surface area contributed by atoms with Crippen LogP contribution in [0.2, 0.25) is 0 Å². The first-order chi connectivity index (χ1) is 12.0. The topological polar surface area (TPSA) is 80.5 Å². The number of carbonyl (C=O) groups is 1. The summed E-state index contributed by atoms with van der Waals surface area (Å²) >= 11 is 1.26. The largest absolute Gasteiger partial charge is 0.431 e. The van der Waals surface area contributed by atoms with Crippen molar-refractivity contribution in [1.29, 1.82) is 0 Å². The van der Waals surface area contributed by atoms with Crippen LogP contribution < -0.4 is 0 Å². The summed E-state index contributed by atoms with van der Waals surface area (Å²) in [5, 5.41) is 0.462. The van der Waals surface area contributed by atoms with E-state index >= 15 is 0 Å². The normalized spacial score (nSPS) is 19.3. The number of sulfone groups is 1. The van der Waals surface area contributed by atoms with Crippen molar-refractivity contribution in [3.63, 3.8) is 0 Å². The highest BCUT2D eigenvalue weighted by atomic mass is 32.2. The number of para-hydroxylation sites is 2. The van der Waals surface area contributed by atoms with E-state index in [0.29, 0.717) is 23.8 Å². The maximum atomic E-state index is 12.7. The Morgan fingerprint density at radius 2 is 2.20 bits per heavy atom. The summed E-state index contributed by atoms with van der Waals surface area (Å²) in [6, 6.07) is 7.26. The van der Waals surface area contributed by atoms with Crippen molar-refractivity contribution in [2.75, 3.05) is 23.8 Å². The molecule has 0 spiro atoms. The number of amides is 1. The van der Waals surface area contributed by atoms with E-state index in [9.17, 15) is 13.2 Å². The smallest absolute Gasteiger partial charge is 0.257 e. The highest BCUT2D eigenvalue weighted by molar-refractivity contribution is 7.99. The first-order valence-electron chi connectivity index (χ1n) is 8.47. The zero-order valence-corrected chi connectivity index (χ0v) is 15.8. The van der Waals surface area contributed by atoms with E-state index in [0.717, 1.165) is 18.4 Å². The Hall–Kier alpha value is -1.54. The number of thioether (sulfide) groups is 1. The summed E-state index contributed by atoms with van der Waals surface area (Å²) in [5.41, 5.74) is 1.46. The molecule has 1 aliphatic heterocycles. The average Bonchev–Trinajstić information content (AvgIpc) is 3.16. The molecule has 1 atom stereocenters. The molecule has 6 nitrogen and oxygen atoms in total. The van der Waals surface area contributed by atoms with Gasteiger partial charge in [0, 0.05) is 12.6 Å². The van der Waals surface area contributed by atoms with Crippen LogP contribution in [0, 0.1) is 0 Å². The van der Waals surface area contributed by atoms with Crippen LogP contribution in [0.25, 0.3) is 11.1 Å². The molecule has 2 heterocycles. The van der Waals surface area contributed by atoms with Gasteiger partial charge in [-0.2, -0.15) is 0 Å². The van der Waals surface area contributed by atoms with Crippen molar-refractivity contribution in [2.45, 2.75) is 37.5 Å².